The van der Waals surface area contributed by atoms with Crippen molar-refractivity contribution in [3.63, 3.8) is 0 Å². The minimum atomic E-state index is -3.49. The third-order valence-corrected chi connectivity index (χ3v) is 10.4. The first kappa shape index (κ1) is 24.5. The molecule has 0 amide bonds. The molecule has 2 aliphatic rings. The summed E-state index contributed by atoms with van der Waals surface area (Å²) < 4.78 is 7.13. The maximum absolute atomic E-state index is 6.78. The molecule has 1 fully saturated rings. The molecule has 0 radical (unpaired) electrons. The van der Waals surface area contributed by atoms with Crippen molar-refractivity contribution in [2.75, 3.05) is 0 Å². The molecule has 0 saturated heterocycles. The Labute approximate surface area is 225 Å². The molecule has 182 valence electrons. The van der Waals surface area contributed by atoms with Gasteiger partial charge in [-0.25, -0.2) is 0 Å². The summed E-state index contributed by atoms with van der Waals surface area (Å²) in [5.74, 6) is 0.654. The molecule has 1 unspecified atom stereocenters. The van der Waals surface area contributed by atoms with Gasteiger partial charge in [0.25, 0.3) is 0 Å². The fourth-order valence-electron chi connectivity index (χ4n) is 6.53. The Hall–Kier alpha value is -1.87. The van der Waals surface area contributed by atoms with Crippen LogP contribution in [-0.2, 0) is 19.4 Å². The fraction of sp³-hybridized carbons (Fsp3) is 0.250. The van der Waals surface area contributed by atoms with Crippen LogP contribution in [0.4, 0.5) is 0 Å². The van der Waals surface area contributed by atoms with E-state index >= 15 is 0 Å². The van der Waals surface area contributed by atoms with Crippen molar-refractivity contribution in [2.24, 2.45) is 4.22 Å². The van der Waals surface area contributed by atoms with Gasteiger partial charge in [-0.1, -0.05) is 0 Å². The Morgan fingerprint density at radius 3 is 2.25 bits per heavy atom. The molecule has 0 heterocycles. The first-order valence-electron chi connectivity index (χ1n) is 13.1. The van der Waals surface area contributed by atoms with Gasteiger partial charge in [-0.2, -0.15) is 0 Å². The molecule has 2 aliphatic carbocycles. The number of rotatable bonds is 5. The van der Waals surface area contributed by atoms with E-state index in [1.165, 1.54) is 81.8 Å². The summed E-state index contributed by atoms with van der Waals surface area (Å²) in [4.78, 5) is 0. The molecule has 0 bridgehead atoms. The summed E-state index contributed by atoms with van der Waals surface area (Å²) in [6.45, 7) is 0. The van der Waals surface area contributed by atoms with Crippen LogP contribution in [0.5, 0.6) is 0 Å². The minimum absolute atomic E-state index is 0.128. The normalized spacial score (nSPS) is 18.3. The van der Waals surface area contributed by atoms with Crippen LogP contribution in [0, 0.1) is 0 Å². The second kappa shape index (κ2) is 10.1. The summed E-state index contributed by atoms with van der Waals surface area (Å²) >= 11 is -3.49. The van der Waals surface area contributed by atoms with Gasteiger partial charge in [0.05, 0.1) is 0 Å². The topological polar surface area (TPSA) is 26.0 Å². The maximum atomic E-state index is 6.78. The van der Waals surface area contributed by atoms with Crippen LogP contribution in [0.1, 0.15) is 77.3 Å². The molecule has 36 heavy (non-hydrogen) atoms. The zero-order valence-corrected chi connectivity index (χ0v) is 23.5. The summed E-state index contributed by atoms with van der Waals surface area (Å²) in [5.41, 5.74) is 9.34. The van der Waals surface area contributed by atoms with Crippen molar-refractivity contribution in [1.82, 2.24) is 0 Å². The van der Waals surface area contributed by atoms with Gasteiger partial charge in [-0.3, -0.25) is 0 Å². The Kier molecular flexibility index (Phi) is 6.88. The molecule has 4 heteroatoms. The van der Waals surface area contributed by atoms with E-state index in [0.717, 1.165) is 0 Å². The Balaban J connectivity index is 1.65. The van der Waals surface area contributed by atoms with Crippen LogP contribution >= 0.6 is 18.6 Å². The number of halogens is 2. The average Bonchev–Trinajstić information content (AvgIpc) is 3.28. The van der Waals surface area contributed by atoms with E-state index in [9.17, 15) is 0 Å². The molecule has 1 nitrogen and oxygen atoms in total. The standard InChI is InChI=1S/C32H29.2ClH.H2N.Ti/c1-22-29(20-25-16-8-10-18-27(25)31(22)24-14-6-3-7-15-24)32-28-19-11-9-17-26(28)21-30(32)23-12-4-2-5-13-23;;;;/h2,4-5,8-13,16-21,24,32H,1,3,6-7,14-15H2;2*1H;1H2;/q;;;-1;+3/p-2. The molecule has 1 atom stereocenters. The first-order valence-corrected chi connectivity index (χ1v) is 19.4. The van der Waals surface area contributed by atoms with Crippen molar-refractivity contribution in [3.8, 4) is 0 Å². The van der Waals surface area contributed by atoms with Gasteiger partial charge in [0, 0.05) is 0 Å². The molecule has 4 aromatic rings. The number of fused-ring (bicyclic) bond motifs is 2. The monoisotopic (exact) mass is 547 g/mol. The Bertz CT molecular complexity index is 1430. The van der Waals surface area contributed by atoms with E-state index in [-0.39, 0.29) is 5.92 Å². The number of nitrogens with two attached hydrogens (primary N) is 1. The second-order valence-electron chi connectivity index (χ2n) is 10.4. The van der Waals surface area contributed by atoms with E-state index in [2.05, 4.69) is 91.0 Å². The van der Waals surface area contributed by atoms with E-state index in [4.69, 9.17) is 22.8 Å². The molecule has 0 spiro atoms. The van der Waals surface area contributed by atoms with Crippen LogP contribution in [0.3, 0.4) is 0 Å². The molecular weight excluding hydrogens is 517 g/mol. The Morgan fingerprint density at radius 2 is 1.47 bits per heavy atom. The zero-order valence-electron chi connectivity index (χ0n) is 20.4. The van der Waals surface area contributed by atoms with Crippen LogP contribution in [0.25, 0.3) is 22.4 Å². The molecule has 6 rings (SSSR count). The van der Waals surface area contributed by atoms with Gasteiger partial charge in [0.1, 0.15) is 0 Å². The second-order valence-corrected chi connectivity index (χ2v) is 19.7. The van der Waals surface area contributed by atoms with Gasteiger partial charge in [0.2, 0.25) is 0 Å². The van der Waals surface area contributed by atoms with Crippen LogP contribution in [0.2, 0.25) is 0 Å². The van der Waals surface area contributed by atoms with Crippen LogP contribution in [0.15, 0.2) is 84.9 Å². The number of benzene rings is 4. The molecular formula is C32H31Cl2NTi. The SMILES string of the molecule is [NH2][Ti]([Cl])([Cl])[CH2]c1c(C2C(c3ccccc3)=Cc3ccccc32)cc2ccccc2c1C1CCCCC1. The number of hydrogen-bond acceptors (Lipinski definition) is 1. The van der Waals surface area contributed by atoms with Crippen molar-refractivity contribution < 1.29 is 14.7 Å². The quantitative estimate of drug-likeness (QED) is 0.247. The van der Waals surface area contributed by atoms with Crippen molar-refractivity contribution >= 4 is 41.0 Å². The Morgan fingerprint density at radius 1 is 0.778 bits per heavy atom. The molecule has 0 aromatic heterocycles. The molecule has 0 aliphatic heterocycles. The summed E-state index contributed by atoms with van der Waals surface area (Å²) in [7, 11) is 13.6. The van der Waals surface area contributed by atoms with E-state index in [0.29, 0.717) is 10.6 Å². The fourth-order valence-corrected chi connectivity index (χ4v) is 8.98. The number of hydrogen-bond donors (Lipinski definition) is 1. The third-order valence-electron chi connectivity index (χ3n) is 8.01. The summed E-state index contributed by atoms with van der Waals surface area (Å²) in [6, 6.07) is 30.9. The summed E-state index contributed by atoms with van der Waals surface area (Å²) in [5, 5.41) is 2.65. The van der Waals surface area contributed by atoms with Gasteiger partial charge in [-0.15, -0.1) is 0 Å². The van der Waals surface area contributed by atoms with E-state index in [1.807, 2.05) is 0 Å². The van der Waals surface area contributed by atoms with Crippen LogP contribution < -0.4 is 4.22 Å². The molecule has 4 aromatic carbocycles. The van der Waals surface area contributed by atoms with Crippen molar-refractivity contribution in [1.29, 1.82) is 0 Å². The van der Waals surface area contributed by atoms with Crippen LogP contribution in [-0.4, -0.2) is 0 Å². The predicted octanol–water partition coefficient (Wildman–Crippen LogP) is 9.41. The first-order chi connectivity index (χ1) is 17.5. The van der Waals surface area contributed by atoms with Gasteiger partial charge < -0.3 is 0 Å². The third kappa shape index (κ3) is 4.73. The van der Waals surface area contributed by atoms with E-state index in [1.54, 1.807) is 0 Å². The summed E-state index contributed by atoms with van der Waals surface area (Å²) in [6.07, 6.45) is 8.69. The molecule has 2 N–H and O–H groups in total. The van der Waals surface area contributed by atoms with E-state index < -0.39 is 14.7 Å². The van der Waals surface area contributed by atoms with Crippen molar-refractivity contribution in [2.45, 2.75) is 48.7 Å². The van der Waals surface area contributed by atoms with Gasteiger partial charge in [-0.05, 0) is 0 Å². The van der Waals surface area contributed by atoms with Crippen molar-refractivity contribution in [3.05, 3.63) is 118 Å². The average molecular weight is 548 g/mol. The van der Waals surface area contributed by atoms with Gasteiger partial charge in [0.15, 0.2) is 0 Å². The zero-order chi connectivity index (χ0) is 24.7. The molecule has 1 saturated carbocycles. The number of allylic oxidation sites excluding steroid dienone is 1. The van der Waals surface area contributed by atoms with Gasteiger partial charge >= 0.3 is 227 Å². The predicted molar refractivity (Wildman–Crippen MR) is 152 cm³/mol.